The van der Waals surface area contributed by atoms with E-state index in [0.717, 1.165) is 0 Å². The monoisotopic (exact) mass is 123 g/mol. The molecular weight excluding hydrogens is 117 g/mol. The number of thiocarbonyl (C=S) groups is 1. The fourth-order valence-electron chi connectivity index (χ4n) is 0.158. The first-order valence-corrected chi connectivity index (χ1v) is 2.25. The van der Waals surface area contributed by atoms with Gasteiger partial charge >= 0.3 is 0 Å². The van der Waals surface area contributed by atoms with Crippen LogP contribution >= 0.6 is 12.2 Å². The maximum absolute atomic E-state index is 11.1. The molecule has 0 radical (unpaired) electrons. The average Bonchev–Trinajstić information content (AvgIpc) is 1.68. The van der Waals surface area contributed by atoms with Crippen LogP contribution in [0, 0.1) is 0 Å². The SMILES string of the molecule is CCOC(=S)NF. The van der Waals surface area contributed by atoms with Gasteiger partial charge in [-0.15, -0.1) is 0 Å². The van der Waals surface area contributed by atoms with Crippen molar-refractivity contribution in [1.29, 1.82) is 0 Å². The Hall–Kier alpha value is -0.380. The third-order valence-corrected chi connectivity index (χ3v) is 0.548. The molecule has 0 amide bonds. The average molecular weight is 123 g/mol. The van der Waals surface area contributed by atoms with Crippen LogP contribution in [0.25, 0.3) is 0 Å². The van der Waals surface area contributed by atoms with Crippen molar-refractivity contribution in [3.8, 4) is 0 Å². The molecule has 0 saturated heterocycles. The summed E-state index contributed by atoms with van der Waals surface area (Å²) in [4.78, 5) is 0. The van der Waals surface area contributed by atoms with Gasteiger partial charge in [-0.2, -0.15) is 5.54 Å². The molecule has 0 spiro atoms. The quantitative estimate of drug-likeness (QED) is 0.411. The Morgan fingerprint density at radius 3 is 2.71 bits per heavy atom. The van der Waals surface area contributed by atoms with E-state index in [9.17, 15) is 4.48 Å². The third-order valence-electron chi connectivity index (χ3n) is 0.353. The van der Waals surface area contributed by atoms with Gasteiger partial charge in [0.25, 0.3) is 5.17 Å². The van der Waals surface area contributed by atoms with Crippen LogP contribution in [0.1, 0.15) is 6.92 Å². The summed E-state index contributed by atoms with van der Waals surface area (Å²) in [5.41, 5.74) is 1.18. The Kier molecular flexibility index (Phi) is 3.59. The molecule has 0 aromatic heterocycles. The van der Waals surface area contributed by atoms with E-state index in [1.165, 1.54) is 5.54 Å². The fourth-order valence-corrected chi connectivity index (χ4v) is 0.276. The van der Waals surface area contributed by atoms with Crippen LogP contribution in [-0.2, 0) is 4.74 Å². The molecule has 0 unspecified atom stereocenters. The zero-order chi connectivity index (χ0) is 5.70. The molecular formula is C3H6FNOS. The molecule has 42 valence electrons. The number of ether oxygens (including phenoxy) is 1. The molecule has 7 heavy (non-hydrogen) atoms. The summed E-state index contributed by atoms with van der Waals surface area (Å²) in [6.45, 7) is 2.12. The Bertz CT molecular complexity index is 68.0. The summed E-state index contributed by atoms with van der Waals surface area (Å²) in [7, 11) is 0. The van der Waals surface area contributed by atoms with Crippen molar-refractivity contribution in [1.82, 2.24) is 5.54 Å². The van der Waals surface area contributed by atoms with Crippen LogP contribution in [0.5, 0.6) is 0 Å². The predicted molar refractivity (Wildman–Crippen MR) is 28.5 cm³/mol. The van der Waals surface area contributed by atoms with E-state index < -0.39 is 0 Å². The topological polar surface area (TPSA) is 21.3 Å². The van der Waals surface area contributed by atoms with Crippen molar-refractivity contribution < 1.29 is 9.22 Å². The molecule has 0 rings (SSSR count). The molecule has 0 aliphatic heterocycles. The summed E-state index contributed by atoms with van der Waals surface area (Å²) in [5.74, 6) is 0. The van der Waals surface area contributed by atoms with E-state index in [4.69, 9.17) is 0 Å². The van der Waals surface area contributed by atoms with Crippen LogP contribution in [0.3, 0.4) is 0 Å². The predicted octanol–water partition coefficient (Wildman–Crippen LogP) is 0.782. The third kappa shape index (κ3) is 3.45. The Morgan fingerprint density at radius 2 is 2.57 bits per heavy atom. The van der Waals surface area contributed by atoms with E-state index in [2.05, 4.69) is 17.0 Å². The van der Waals surface area contributed by atoms with Gasteiger partial charge < -0.3 is 4.74 Å². The van der Waals surface area contributed by atoms with Crippen LogP contribution < -0.4 is 5.54 Å². The molecule has 2 nitrogen and oxygen atoms in total. The number of rotatable bonds is 1. The summed E-state index contributed by atoms with van der Waals surface area (Å²) < 4.78 is 15.5. The zero-order valence-electron chi connectivity index (χ0n) is 3.90. The van der Waals surface area contributed by atoms with Crippen LogP contribution in [0.2, 0.25) is 0 Å². The highest BCUT2D eigenvalue weighted by Crippen LogP contribution is 1.74. The zero-order valence-corrected chi connectivity index (χ0v) is 4.72. The molecule has 0 heterocycles. The number of halogens is 1. The lowest BCUT2D eigenvalue weighted by molar-refractivity contribution is 0.279. The first-order valence-electron chi connectivity index (χ1n) is 1.84. The van der Waals surface area contributed by atoms with Crippen molar-refractivity contribution in [3.63, 3.8) is 0 Å². The van der Waals surface area contributed by atoms with Crippen molar-refractivity contribution in [2.24, 2.45) is 0 Å². The van der Waals surface area contributed by atoms with Crippen molar-refractivity contribution >= 4 is 17.4 Å². The lowest BCUT2D eigenvalue weighted by atomic mass is 10.9. The highest BCUT2D eigenvalue weighted by molar-refractivity contribution is 7.80. The first-order chi connectivity index (χ1) is 3.31. The van der Waals surface area contributed by atoms with Crippen molar-refractivity contribution in [3.05, 3.63) is 0 Å². The molecule has 0 bridgehead atoms. The van der Waals surface area contributed by atoms with E-state index in [0.29, 0.717) is 6.61 Å². The summed E-state index contributed by atoms with van der Waals surface area (Å²) in [6.07, 6.45) is 0. The van der Waals surface area contributed by atoms with Gasteiger partial charge in [0.1, 0.15) is 0 Å². The number of nitrogens with one attached hydrogen (secondary N) is 1. The van der Waals surface area contributed by atoms with Crippen LogP contribution in [0.15, 0.2) is 0 Å². The molecule has 0 aromatic carbocycles. The summed E-state index contributed by atoms with van der Waals surface area (Å²) in [6, 6.07) is 0. The molecule has 0 aromatic rings. The Balaban J connectivity index is 3.00. The molecule has 4 heteroatoms. The van der Waals surface area contributed by atoms with E-state index in [1.54, 1.807) is 6.92 Å². The Labute approximate surface area is 46.6 Å². The molecule has 0 saturated carbocycles. The summed E-state index contributed by atoms with van der Waals surface area (Å²) >= 11 is 4.25. The van der Waals surface area contributed by atoms with Gasteiger partial charge in [-0.25, -0.2) is 0 Å². The maximum atomic E-state index is 11.1. The molecule has 0 aliphatic rings. The normalized spacial score (nSPS) is 7.71. The molecule has 0 atom stereocenters. The van der Waals surface area contributed by atoms with Crippen molar-refractivity contribution in [2.75, 3.05) is 6.61 Å². The Morgan fingerprint density at radius 1 is 2.00 bits per heavy atom. The van der Waals surface area contributed by atoms with Gasteiger partial charge in [0.15, 0.2) is 0 Å². The van der Waals surface area contributed by atoms with Gasteiger partial charge in [0.2, 0.25) is 0 Å². The standard InChI is InChI=1S/C3H6FNOS/c1-2-6-3(7)5-4/h2H2,1H3,(H,5,7). The lowest BCUT2D eigenvalue weighted by Gasteiger charge is -1.96. The highest BCUT2D eigenvalue weighted by Gasteiger charge is 1.86. The second kappa shape index (κ2) is 3.80. The largest absolute Gasteiger partial charge is 0.470 e. The maximum Gasteiger partial charge on any atom is 0.285 e. The summed E-state index contributed by atoms with van der Waals surface area (Å²) in [5, 5.41) is -0.206. The van der Waals surface area contributed by atoms with Gasteiger partial charge in [0, 0.05) is 0 Å². The minimum Gasteiger partial charge on any atom is -0.470 e. The molecule has 1 N–H and O–H groups in total. The van der Waals surface area contributed by atoms with E-state index in [-0.39, 0.29) is 5.17 Å². The lowest BCUT2D eigenvalue weighted by Crippen LogP contribution is -2.14. The van der Waals surface area contributed by atoms with Crippen LogP contribution in [-0.4, -0.2) is 11.8 Å². The second-order valence-electron chi connectivity index (χ2n) is 0.815. The number of hydrogen-bond acceptors (Lipinski definition) is 2. The van der Waals surface area contributed by atoms with Gasteiger partial charge in [-0.05, 0) is 19.1 Å². The number of hydrogen-bond donors (Lipinski definition) is 1. The molecule has 0 fully saturated rings. The van der Waals surface area contributed by atoms with Gasteiger partial charge in [-0.1, -0.05) is 4.48 Å². The van der Waals surface area contributed by atoms with Gasteiger partial charge in [-0.3, -0.25) is 0 Å². The fraction of sp³-hybridized carbons (Fsp3) is 0.667. The van der Waals surface area contributed by atoms with E-state index in [1.807, 2.05) is 0 Å². The van der Waals surface area contributed by atoms with Gasteiger partial charge in [0.05, 0.1) is 6.61 Å². The smallest absolute Gasteiger partial charge is 0.285 e. The van der Waals surface area contributed by atoms with E-state index >= 15 is 0 Å². The van der Waals surface area contributed by atoms with Crippen LogP contribution in [0.4, 0.5) is 4.48 Å². The second-order valence-corrected chi connectivity index (χ2v) is 1.19. The minimum atomic E-state index is -0.206. The minimum absolute atomic E-state index is 0.206. The van der Waals surface area contributed by atoms with Crippen molar-refractivity contribution in [2.45, 2.75) is 6.92 Å². The molecule has 0 aliphatic carbocycles. The highest BCUT2D eigenvalue weighted by atomic mass is 32.1. The first kappa shape index (κ1) is 6.62.